The monoisotopic (exact) mass is 404 g/mol. The van der Waals surface area contributed by atoms with Gasteiger partial charge in [0, 0.05) is 23.9 Å². The molecule has 1 amide bonds. The van der Waals surface area contributed by atoms with Gasteiger partial charge in [-0.2, -0.15) is 10.4 Å². The number of nitrogens with zero attached hydrogens (tertiary/aromatic N) is 3. The number of nitrogens with one attached hydrogen (secondary N) is 1. The van der Waals surface area contributed by atoms with Gasteiger partial charge < -0.3 is 5.32 Å². The van der Waals surface area contributed by atoms with Crippen molar-refractivity contribution >= 4 is 22.8 Å². The average molecular weight is 404 g/mol. The standard InChI is InChI=1S/C26H20N4O/c1-2-15-28-26(31)20(17-27)16-21-18-30(22-11-4-3-5-12-22)29-25(21)24-14-8-10-19-9-6-7-13-23(19)24/h2-14,16,18H,1,15H2,(H,28,31). The lowest BCUT2D eigenvalue weighted by Crippen LogP contribution is -2.24. The minimum atomic E-state index is -0.446. The topological polar surface area (TPSA) is 70.7 Å². The molecule has 31 heavy (non-hydrogen) atoms. The van der Waals surface area contributed by atoms with E-state index in [4.69, 9.17) is 5.10 Å². The third-order valence-corrected chi connectivity index (χ3v) is 4.88. The summed E-state index contributed by atoms with van der Waals surface area (Å²) < 4.78 is 1.76. The first-order valence-corrected chi connectivity index (χ1v) is 9.85. The van der Waals surface area contributed by atoms with Crippen LogP contribution in [-0.4, -0.2) is 22.2 Å². The summed E-state index contributed by atoms with van der Waals surface area (Å²) in [7, 11) is 0. The van der Waals surface area contributed by atoms with Gasteiger partial charge in [0.2, 0.25) is 0 Å². The van der Waals surface area contributed by atoms with Gasteiger partial charge >= 0.3 is 0 Å². The normalized spacial score (nSPS) is 11.1. The van der Waals surface area contributed by atoms with Gasteiger partial charge in [-0.05, 0) is 29.0 Å². The van der Waals surface area contributed by atoms with Crippen molar-refractivity contribution < 1.29 is 4.79 Å². The molecule has 3 aromatic carbocycles. The maximum Gasteiger partial charge on any atom is 0.262 e. The highest BCUT2D eigenvalue weighted by molar-refractivity contribution is 6.03. The number of nitriles is 1. The molecule has 150 valence electrons. The minimum absolute atomic E-state index is 0.0101. The van der Waals surface area contributed by atoms with Crippen molar-refractivity contribution in [2.24, 2.45) is 0 Å². The smallest absolute Gasteiger partial charge is 0.262 e. The largest absolute Gasteiger partial charge is 0.348 e. The van der Waals surface area contributed by atoms with Gasteiger partial charge in [0.05, 0.1) is 5.69 Å². The number of carbonyl (C=O) groups excluding carboxylic acids is 1. The second kappa shape index (κ2) is 8.93. The Morgan fingerprint density at radius 2 is 1.81 bits per heavy atom. The molecule has 5 heteroatoms. The number of fused-ring (bicyclic) bond motifs is 1. The highest BCUT2D eigenvalue weighted by atomic mass is 16.1. The van der Waals surface area contributed by atoms with Crippen LogP contribution in [0.4, 0.5) is 0 Å². The van der Waals surface area contributed by atoms with Crippen LogP contribution in [0, 0.1) is 11.3 Å². The molecule has 1 heterocycles. The van der Waals surface area contributed by atoms with Crippen molar-refractivity contribution in [3.05, 3.63) is 103 Å². The van der Waals surface area contributed by atoms with Gasteiger partial charge in [0.15, 0.2) is 0 Å². The molecule has 0 unspecified atom stereocenters. The molecule has 1 N–H and O–H groups in total. The van der Waals surface area contributed by atoms with Crippen molar-refractivity contribution in [2.45, 2.75) is 0 Å². The lowest BCUT2D eigenvalue weighted by atomic mass is 9.99. The maximum atomic E-state index is 12.4. The molecule has 0 aliphatic heterocycles. The Hall–Kier alpha value is -4.43. The molecule has 4 rings (SSSR count). The van der Waals surface area contributed by atoms with E-state index < -0.39 is 5.91 Å². The zero-order chi connectivity index (χ0) is 21.6. The van der Waals surface area contributed by atoms with Gasteiger partial charge in [0.25, 0.3) is 5.91 Å². The van der Waals surface area contributed by atoms with Crippen molar-refractivity contribution in [1.29, 1.82) is 5.26 Å². The van der Waals surface area contributed by atoms with Crippen LogP contribution in [0.15, 0.2) is 97.2 Å². The number of hydrogen-bond donors (Lipinski definition) is 1. The maximum absolute atomic E-state index is 12.4. The lowest BCUT2D eigenvalue weighted by Gasteiger charge is -2.06. The highest BCUT2D eigenvalue weighted by Crippen LogP contribution is 2.31. The summed E-state index contributed by atoms with van der Waals surface area (Å²) >= 11 is 0. The van der Waals surface area contributed by atoms with E-state index in [1.807, 2.05) is 85.1 Å². The predicted octanol–water partition coefficient (Wildman–Crippen LogP) is 4.90. The van der Waals surface area contributed by atoms with Gasteiger partial charge in [0.1, 0.15) is 17.3 Å². The minimum Gasteiger partial charge on any atom is -0.348 e. The first-order valence-electron chi connectivity index (χ1n) is 9.85. The van der Waals surface area contributed by atoms with Crippen LogP contribution >= 0.6 is 0 Å². The number of para-hydroxylation sites is 1. The third kappa shape index (κ3) is 4.14. The molecular formula is C26H20N4O. The quantitative estimate of drug-likeness (QED) is 0.282. The van der Waals surface area contributed by atoms with Crippen LogP contribution in [0.5, 0.6) is 0 Å². The van der Waals surface area contributed by atoms with E-state index in [-0.39, 0.29) is 12.1 Å². The van der Waals surface area contributed by atoms with E-state index in [9.17, 15) is 10.1 Å². The number of hydrogen-bond acceptors (Lipinski definition) is 3. The third-order valence-electron chi connectivity index (χ3n) is 4.88. The summed E-state index contributed by atoms with van der Waals surface area (Å²) in [6.07, 6.45) is 4.99. The van der Waals surface area contributed by atoms with Gasteiger partial charge in [-0.25, -0.2) is 4.68 Å². The molecule has 0 aliphatic carbocycles. The second-order valence-corrected chi connectivity index (χ2v) is 6.91. The Kier molecular flexibility index (Phi) is 5.72. The van der Waals surface area contributed by atoms with E-state index in [1.165, 1.54) is 0 Å². The van der Waals surface area contributed by atoms with Crippen LogP contribution in [0.2, 0.25) is 0 Å². The SMILES string of the molecule is C=CCNC(=O)C(C#N)=Cc1cn(-c2ccccc2)nc1-c1cccc2ccccc12. The van der Waals surface area contributed by atoms with Crippen molar-refractivity contribution in [3.8, 4) is 23.0 Å². The predicted molar refractivity (Wildman–Crippen MR) is 123 cm³/mol. The summed E-state index contributed by atoms with van der Waals surface area (Å²) in [6, 6.07) is 25.8. The van der Waals surface area contributed by atoms with Crippen LogP contribution in [0.3, 0.4) is 0 Å². The molecule has 4 aromatic rings. The fourth-order valence-corrected chi connectivity index (χ4v) is 3.41. The zero-order valence-electron chi connectivity index (χ0n) is 16.8. The Labute approximate surface area is 180 Å². The molecule has 0 saturated carbocycles. The Balaban J connectivity index is 1.91. The molecule has 0 spiro atoms. The zero-order valence-corrected chi connectivity index (χ0v) is 16.8. The fraction of sp³-hybridized carbons (Fsp3) is 0.0385. The molecule has 0 aliphatic rings. The number of rotatable bonds is 6. The number of benzene rings is 3. The van der Waals surface area contributed by atoms with Crippen molar-refractivity contribution in [3.63, 3.8) is 0 Å². The Morgan fingerprint density at radius 1 is 1.06 bits per heavy atom. The van der Waals surface area contributed by atoms with Gasteiger partial charge in [-0.15, -0.1) is 6.58 Å². The van der Waals surface area contributed by atoms with Gasteiger partial charge in [-0.1, -0.05) is 66.7 Å². The van der Waals surface area contributed by atoms with E-state index in [0.29, 0.717) is 11.3 Å². The van der Waals surface area contributed by atoms with E-state index in [1.54, 1.807) is 16.8 Å². The number of aromatic nitrogens is 2. The van der Waals surface area contributed by atoms with E-state index >= 15 is 0 Å². The van der Waals surface area contributed by atoms with Gasteiger partial charge in [-0.3, -0.25) is 4.79 Å². The summed E-state index contributed by atoms with van der Waals surface area (Å²) in [4.78, 5) is 12.4. The molecule has 0 atom stereocenters. The van der Waals surface area contributed by atoms with Crippen molar-refractivity contribution in [2.75, 3.05) is 6.54 Å². The molecule has 0 bridgehead atoms. The summed E-state index contributed by atoms with van der Waals surface area (Å²) in [5.41, 5.74) is 3.22. The van der Waals surface area contributed by atoms with E-state index in [0.717, 1.165) is 22.0 Å². The molecular weight excluding hydrogens is 384 g/mol. The molecule has 0 fully saturated rings. The molecule has 0 radical (unpaired) electrons. The Bertz CT molecular complexity index is 1320. The summed E-state index contributed by atoms with van der Waals surface area (Å²) in [5.74, 6) is -0.446. The number of amides is 1. The summed E-state index contributed by atoms with van der Waals surface area (Å²) in [6.45, 7) is 3.88. The fourth-order valence-electron chi connectivity index (χ4n) is 3.41. The number of carbonyl (C=O) groups is 1. The summed E-state index contributed by atoms with van der Waals surface area (Å²) in [5, 5.41) is 19.2. The van der Waals surface area contributed by atoms with E-state index in [2.05, 4.69) is 11.9 Å². The molecule has 5 nitrogen and oxygen atoms in total. The van der Waals surface area contributed by atoms with Crippen LogP contribution < -0.4 is 5.32 Å². The first kappa shape index (κ1) is 19.9. The van der Waals surface area contributed by atoms with Crippen LogP contribution in [0.1, 0.15) is 5.56 Å². The Morgan fingerprint density at radius 3 is 2.58 bits per heavy atom. The lowest BCUT2D eigenvalue weighted by molar-refractivity contribution is -0.116. The first-order chi connectivity index (χ1) is 15.2. The van der Waals surface area contributed by atoms with Crippen LogP contribution in [0.25, 0.3) is 33.8 Å². The molecule has 0 saturated heterocycles. The average Bonchev–Trinajstić information content (AvgIpc) is 3.24. The molecule has 1 aromatic heterocycles. The van der Waals surface area contributed by atoms with Crippen LogP contribution in [-0.2, 0) is 4.79 Å². The second-order valence-electron chi connectivity index (χ2n) is 6.91. The van der Waals surface area contributed by atoms with Crippen molar-refractivity contribution in [1.82, 2.24) is 15.1 Å². The highest BCUT2D eigenvalue weighted by Gasteiger charge is 2.16.